The molecule has 7 nitrogen and oxygen atoms in total. The molecule has 0 unspecified atom stereocenters. The molecule has 136 valence electrons. The van der Waals surface area contributed by atoms with Crippen molar-refractivity contribution in [1.82, 2.24) is 19.5 Å². The molecule has 0 aliphatic rings. The van der Waals surface area contributed by atoms with Crippen molar-refractivity contribution in [3.63, 3.8) is 0 Å². The van der Waals surface area contributed by atoms with Crippen LogP contribution < -0.4 is 11.2 Å². The number of rotatable bonds is 4. The lowest BCUT2D eigenvalue weighted by Gasteiger charge is -2.11. The number of hydrogen-bond acceptors (Lipinski definition) is 6. The van der Waals surface area contributed by atoms with Crippen LogP contribution in [0.3, 0.4) is 0 Å². The van der Waals surface area contributed by atoms with Gasteiger partial charge in [0.25, 0.3) is 5.56 Å². The maximum Gasteiger partial charge on any atom is 0.333 e. The SMILES string of the molecule is C/C=C\c1c(CC)cncc1-n1c(=O)[nH]c2cc(-c3ncco3)sc2c1=O. The van der Waals surface area contributed by atoms with Gasteiger partial charge in [0.15, 0.2) is 0 Å². The van der Waals surface area contributed by atoms with Crippen LogP contribution in [0.5, 0.6) is 0 Å². The van der Waals surface area contributed by atoms with Crippen molar-refractivity contribution >= 4 is 27.6 Å². The molecule has 4 aromatic heterocycles. The van der Waals surface area contributed by atoms with E-state index in [1.807, 2.05) is 26.0 Å². The van der Waals surface area contributed by atoms with E-state index >= 15 is 0 Å². The number of thiophene rings is 1. The molecule has 4 aromatic rings. The Morgan fingerprint density at radius 2 is 2.19 bits per heavy atom. The highest BCUT2D eigenvalue weighted by Crippen LogP contribution is 2.29. The predicted molar refractivity (Wildman–Crippen MR) is 105 cm³/mol. The normalized spacial score (nSPS) is 11.6. The maximum absolute atomic E-state index is 13.1. The van der Waals surface area contributed by atoms with Crippen LogP contribution in [0.25, 0.3) is 32.7 Å². The molecule has 0 fully saturated rings. The number of pyridine rings is 1. The summed E-state index contributed by atoms with van der Waals surface area (Å²) < 4.78 is 6.86. The fraction of sp³-hybridized carbons (Fsp3) is 0.158. The minimum atomic E-state index is -0.509. The van der Waals surface area contributed by atoms with E-state index in [4.69, 9.17) is 4.42 Å². The van der Waals surface area contributed by atoms with E-state index in [1.54, 1.807) is 18.5 Å². The highest BCUT2D eigenvalue weighted by molar-refractivity contribution is 7.22. The molecule has 0 atom stereocenters. The fourth-order valence-electron chi connectivity index (χ4n) is 3.00. The van der Waals surface area contributed by atoms with E-state index in [9.17, 15) is 9.59 Å². The summed E-state index contributed by atoms with van der Waals surface area (Å²) in [4.78, 5) is 37.6. The van der Waals surface area contributed by atoms with Crippen molar-refractivity contribution in [2.24, 2.45) is 0 Å². The van der Waals surface area contributed by atoms with E-state index < -0.39 is 11.2 Å². The predicted octanol–water partition coefficient (Wildman–Crippen LogP) is 3.39. The van der Waals surface area contributed by atoms with Crippen LogP contribution in [0, 0.1) is 0 Å². The zero-order valence-corrected chi connectivity index (χ0v) is 15.5. The Labute approximate surface area is 157 Å². The van der Waals surface area contributed by atoms with E-state index in [2.05, 4.69) is 15.0 Å². The summed E-state index contributed by atoms with van der Waals surface area (Å²) in [6, 6.07) is 1.70. The molecule has 0 saturated heterocycles. The highest BCUT2D eigenvalue weighted by Gasteiger charge is 2.17. The molecular formula is C19H16N4O3S. The van der Waals surface area contributed by atoms with Crippen molar-refractivity contribution in [2.45, 2.75) is 20.3 Å². The van der Waals surface area contributed by atoms with Crippen LogP contribution in [0.2, 0.25) is 0 Å². The van der Waals surface area contributed by atoms with Gasteiger partial charge < -0.3 is 9.40 Å². The quantitative estimate of drug-likeness (QED) is 0.586. The Balaban J connectivity index is 2.01. The average Bonchev–Trinajstić information content (AvgIpc) is 3.32. The molecule has 0 radical (unpaired) electrons. The topological polar surface area (TPSA) is 93.8 Å². The zero-order valence-electron chi connectivity index (χ0n) is 14.7. The molecular weight excluding hydrogens is 364 g/mol. The number of nitrogens with zero attached hydrogens (tertiary/aromatic N) is 3. The molecule has 0 bridgehead atoms. The first-order valence-corrected chi connectivity index (χ1v) is 9.24. The standard InChI is InChI=1S/C19H16N4O3S/c1-3-5-12-11(4-2)9-20-10-14(12)23-18(24)16-13(22-19(23)25)8-15(27-16)17-21-6-7-26-17/h3,5-10H,4H2,1-2H3,(H,22,25)/b5-3-. The van der Waals surface area contributed by atoms with Crippen LogP contribution in [0.1, 0.15) is 25.0 Å². The summed E-state index contributed by atoms with van der Waals surface area (Å²) in [7, 11) is 0. The monoisotopic (exact) mass is 380 g/mol. The van der Waals surface area contributed by atoms with E-state index in [0.29, 0.717) is 26.7 Å². The molecule has 0 aromatic carbocycles. The molecule has 0 spiro atoms. The van der Waals surface area contributed by atoms with Gasteiger partial charge >= 0.3 is 5.69 Å². The van der Waals surface area contributed by atoms with Crippen molar-refractivity contribution < 1.29 is 4.42 Å². The number of aromatic amines is 1. The largest absolute Gasteiger partial charge is 0.444 e. The number of aromatic nitrogens is 4. The molecule has 4 heterocycles. The van der Waals surface area contributed by atoms with Gasteiger partial charge in [0.05, 0.1) is 28.5 Å². The van der Waals surface area contributed by atoms with Gasteiger partial charge in [-0.2, -0.15) is 0 Å². The number of H-pyrrole nitrogens is 1. The van der Waals surface area contributed by atoms with E-state index in [0.717, 1.165) is 22.1 Å². The third-order valence-electron chi connectivity index (χ3n) is 4.22. The smallest absolute Gasteiger partial charge is 0.333 e. The van der Waals surface area contributed by atoms with Gasteiger partial charge in [-0.05, 0) is 25.0 Å². The van der Waals surface area contributed by atoms with Crippen molar-refractivity contribution in [1.29, 1.82) is 0 Å². The lowest BCUT2D eigenvalue weighted by molar-refractivity contribution is 0.576. The average molecular weight is 380 g/mol. The minimum Gasteiger partial charge on any atom is -0.444 e. The van der Waals surface area contributed by atoms with Gasteiger partial charge in [-0.25, -0.2) is 14.3 Å². The van der Waals surface area contributed by atoms with Gasteiger partial charge in [0, 0.05) is 11.8 Å². The van der Waals surface area contributed by atoms with Crippen LogP contribution in [0.4, 0.5) is 0 Å². The number of allylic oxidation sites excluding steroid dienone is 1. The summed E-state index contributed by atoms with van der Waals surface area (Å²) in [5, 5.41) is 0. The van der Waals surface area contributed by atoms with Crippen molar-refractivity contribution in [2.75, 3.05) is 0 Å². The fourth-order valence-corrected chi connectivity index (χ4v) is 3.98. The summed E-state index contributed by atoms with van der Waals surface area (Å²) in [5.41, 5.74) is 1.80. The molecule has 8 heteroatoms. The van der Waals surface area contributed by atoms with Crippen molar-refractivity contribution in [3.8, 4) is 16.5 Å². The van der Waals surface area contributed by atoms with Crippen LogP contribution >= 0.6 is 11.3 Å². The van der Waals surface area contributed by atoms with Crippen LogP contribution in [0.15, 0.2) is 51.0 Å². The third kappa shape index (κ3) is 2.83. The maximum atomic E-state index is 13.1. The Bertz CT molecular complexity index is 1260. The Morgan fingerprint density at radius 1 is 1.33 bits per heavy atom. The van der Waals surface area contributed by atoms with Gasteiger partial charge in [-0.15, -0.1) is 11.3 Å². The number of fused-ring (bicyclic) bond motifs is 1. The molecule has 0 saturated carbocycles. The highest BCUT2D eigenvalue weighted by atomic mass is 32.1. The number of nitrogens with one attached hydrogen (secondary N) is 1. The number of oxazole rings is 1. The van der Waals surface area contributed by atoms with Crippen molar-refractivity contribution in [3.05, 3.63) is 69.0 Å². The Morgan fingerprint density at radius 3 is 2.89 bits per heavy atom. The molecule has 0 aliphatic carbocycles. The number of aryl methyl sites for hydroxylation is 1. The number of hydrogen-bond donors (Lipinski definition) is 1. The summed E-state index contributed by atoms with van der Waals surface area (Å²) >= 11 is 1.23. The second-order valence-corrected chi connectivity index (χ2v) is 6.90. The first-order chi connectivity index (χ1) is 13.1. The van der Waals surface area contributed by atoms with Crippen LogP contribution in [-0.4, -0.2) is 19.5 Å². The van der Waals surface area contributed by atoms with Gasteiger partial charge in [-0.3, -0.25) is 9.78 Å². The Hall–Kier alpha value is -3.26. The van der Waals surface area contributed by atoms with Crippen LogP contribution in [-0.2, 0) is 6.42 Å². The van der Waals surface area contributed by atoms with E-state index in [-0.39, 0.29) is 0 Å². The summed E-state index contributed by atoms with van der Waals surface area (Å²) in [6.45, 7) is 3.90. The molecule has 1 N–H and O–H groups in total. The first kappa shape index (κ1) is 17.2. The Kier molecular flexibility index (Phi) is 4.33. The summed E-state index contributed by atoms with van der Waals surface area (Å²) in [6.07, 6.45) is 10.8. The molecule has 27 heavy (non-hydrogen) atoms. The van der Waals surface area contributed by atoms with Gasteiger partial charge in [0.2, 0.25) is 5.89 Å². The summed E-state index contributed by atoms with van der Waals surface area (Å²) in [5.74, 6) is 0.409. The van der Waals surface area contributed by atoms with Gasteiger partial charge in [0.1, 0.15) is 11.0 Å². The molecule has 0 amide bonds. The van der Waals surface area contributed by atoms with E-state index in [1.165, 1.54) is 23.8 Å². The lowest BCUT2D eigenvalue weighted by Crippen LogP contribution is -2.33. The third-order valence-corrected chi connectivity index (χ3v) is 5.33. The first-order valence-electron chi connectivity index (χ1n) is 8.42. The lowest BCUT2D eigenvalue weighted by atomic mass is 10.1. The zero-order chi connectivity index (χ0) is 19.0. The second-order valence-electron chi connectivity index (χ2n) is 5.85. The minimum absolute atomic E-state index is 0.391. The second kappa shape index (κ2) is 6.81. The molecule has 0 aliphatic heterocycles. The molecule has 4 rings (SSSR count). The van der Waals surface area contributed by atoms with Gasteiger partial charge in [-0.1, -0.05) is 19.1 Å².